The van der Waals surface area contributed by atoms with Gasteiger partial charge in [0.25, 0.3) is 0 Å². The van der Waals surface area contributed by atoms with Gasteiger partial charge in [0.05, 0.1) is 5.69 Å². The minimum atomic E-state index is 0.746. The Bertz CT molecular complexity index is 231. The Morgan fingerprint density at radius 2 is 2.46 bits per heavy atom. The smallest absolute Gasteiger partial charge is 0.0762 e. The fourth-order valence-electron chi connectivity index (χ4n) is 1.12. The average Bonchev–Trinajstić information content (AvgIpc) is 2.60. The molecule has 4 heteroatoms. The summed E-state index contributed by atoms with van der Waals surface area (Å²) in [7, 11) is 0. The number of nitrogens with two attached hydrogens (primary N) is 1. The third-order valence-corrected chi connectivity index (χ3v) is 1.88. The molecular formula is C9H18N4. The van der Waals surface area contributed by atoms with E-state index in [9.17, 15) is 0 Å². The molecule has 0 saturated heterocycles. The van der Waals surface area contributed by atoms with Crippen LogP contribution in [0.4, 0.5) is 0 Å². The van der Waals surface area contributed by atoms with Crippen molar-refractivity contribution in [2.24, 2.45) is 5.73 Å². The average molecular weight is 182 g/mol. The number of nitrogens with one attached hydrogen (secondary N) is 1. The molecule has 0 spiro atoms. The summed E-state index contributed by atoms with van der Waals surface area (Å²) in [6.07, 6.45) is 3.02. The predicted octanol–water partition coefficient (Wildman–Crippen LogP) is 0.341. The molecule has 0 aliphatic heterocycles. The van der Waals surface area contributed by atoms with Crippen molar-refractivity contribution >= 4 is 0 Å². The fourth-order valence-corrected chi connectivity index (χ4v) is 1.12. The maximum atomic E-state index is 5.37. The number of aryl methyl sites for hydroxylation is 1. The van der Waals surface area contributed by atoms with Crippen molar-refractivity contribution in [2.75, 3.05) is 13.1 Å². The first kappa shape index (κ1) is 10.2. The highest BCUT2D eigenvalue weighted by Gasteiger charge is 1.95. The molecule has 0 unspecified atom stereocenters. The second-order valence-corrected chi connectivity index (χ2v) is 2.98. The van der Waals surface area contributed by atoms with E-state index in [0.29, 0.717) is 0 Å². The van der Waals surface area contributed by atoms with E-state index in [1.165, 1.54) is 0 Å². The van der Waals surface area contributed by atoms with Gasteiger partial charge in [-0.3, -0.25) is 4.68 Å². The zero-order valence-corrected chi connectivity index (χ0v) is 8.16. The summed E-state index contributed by atoms with van der Waals surface area (Å²) >= 11 is 0. The predicted molar refractivity (Wildman–Crippen MR) is 53.3 cm³/mol. The summed E-state index contributed by atoms with van der Waals surface area (Å²) in [6.45, 7) is 5.57. The SMILES string of the molecule is CCn1ccc(CNCCCN)n1. The van der Waals surface area contributed by atoms with Gasteiger partial charge in [0.15, 0.2) is 0 Å². The van der Waals surface area contributed by atoms with Gasteiger partial charge >= 0.3 is 0 Å². The van der Waals surface area contributed by atoms with Gasteiger partial charge in [-0.1, -0.05) is 0 Å². The molecule has 74 valence electrons. The van der Waals surface area contributed by atoms with Crippen LogP contribution in [0.1, 0.15) is 19.0 Å². The molecule has 0 bridgehead atoms. The third-order valence-electron chi connectivity index (χ3n) is 1.88. The summed E-state index contributed by atoms with van der Waals surface area (Å²) in [5.41, 5.74) is 6.47. The first-order valence-corrected chi connectivity index (χ1v) is 4.80. The quantitative estimate of drug-likeness (QED) is 0.624. The Morgan fingerprint density at radius 3 is 3.08 bits per heavy atom. The van der Waals surface area contributed by atoms with Crippen molar-refractivity contribution < 1.29 is 0 Å². The van der Waals surface area contributed by atoms with Gasteiger partial charge in [-0.2, -0.15) is 5.10 Å². The van der Waals surface area contributed by atoms with Gasteiger partial charge in [0, 0.05) is 19.3 Å². The highest BCUT2D eigenvalue weighted by molar-refractivity contribution is 4.98. The standard InChI is InChI=1S/C9H18N4/c1-2-13-7-4-9(12-13)8-11-6-3-5-10/h4,7,11H,2-3,5-6,8,10H2,1H3. The Morgan fingerprint density at radius 1 is 1.62 bits per heavy atom. The van der Waals surface area contributed by atoms with Crippen LogP contribution in [0.15, 0.2) is 12.3 Å². The van der Waals surface area contributed by atoms with Crippen LogP contribution < -0.4 is 11.1 Å². The third kappa shape index (κ3) is 3.57. The van der Waals surface area contributed by atoms with E-state index in [-0.39, 0.29) is 0 Å². The summed E-state index contributed by atoms with van der Waals surface area (Å²) in [4.78, 5) is 0. The summed E-state index contributed by atoms with van der Waals surface area (Å²) in [5.74, 6) is 0. The zero-order chi connectivity index (χ0) is 9.52. The van der Waals surface area contributed by atoms with Gasteiger partial charge < -0.3 is 11.1 Å². The lowest BCUT2D eigenvalue weighted by Gasteiger charge is -2.00. The number of rotatable bonds is 6. The van der Waals surface area contributed by atoms with Crippen molar-refractivity contribution in [2.45, 2.75) is 26.4 Å². The van der Waals surface area contributed by atoms with Gasteiger partial charge in [-0.15, -0.1) is 0 Å². The fraction of sp³-hybridized carbons (Fsp3) is 0.667. The molecule has 0 amide bonds. The van der Waals surface area contributed by atoms with Crippen LogP contribution in [-0.2, 0) is 13.1 Å². The molecule has 1 rings (SSSR count). The Balaban J connectivity index is 2.20. The number of aromatic nitrogens is 2. The van der Waals surface area contributed by atoms with Crippen molar-refractivity contribution in [3.8, 4) is 0 Å². The Labute approximate surface area is 79.1 Å². The van der Waals surface area contributed by atoms with E-state index < -0.39 is 0 Å². The molecule has 0 atom stereocenters. The molecule has 4 nitrogen and oxygen atoms in total. The minimum Gasteiger partial charge on any atom is -0.330 e. The van der Waals surface area contributed by atoms with Gasteiger partial charge in [-0.25, -0.2) is 0 Å². The molecule has 1 aromatic heterocycles. The lowest BCUT2D eigenvalue weighted by Crippen LogP contribution is -2.18. The lowest BCUT2D eigenvalue weighted by atomic mass is 10.4. The van der Waals surface area contributed by atoms with Crippen LogP contribution in [0, 0.1) is 0 Å². The molecule has 0 aliphatic rings. The summed E-state index contributed by atoms with van der Waals surface area (Å²) in [6, 6.07) is 2.04. The maximum absolute atomic E-state index is 5.37. The molecule has 0 aliphatic carbocycles. The first-order valence-electron chi connectivity index (χ1n) is 4.80. The van der Waals surface area contributed by atoms with E-state index in [2.05, 4.69) is 17.3 Å². The number of hydrogen-bond acceptors (Lipinski definition) is 3. The van der Waals surface area contributed by atoms with Crippen LogP contribution >= 0.6 is 0 Å². The van der Waals surface area contributed by atoms with E-state index in [1.54, 1.807) is 0 Å². The molecule has 0 aromatic carbocycles. The van der Waals surface area contributed by atoms with E-state index in [1.807, 2.05) is 16.9 Å². The zero-order valence-electron chi connectivity index (χ0n) is 8.16. The summed E-state index contributed by atoms with van der Waals surface area (Å²) < 4.78 is 1.93. The normalized spacial score (nSPS) is 10.6. The molecule has 1 aromatic rings. The second kappa shape index (κ2) is 5.72. The van der Waals surface area contributed by atoms with Crippen LogP contribution in [0.25, 0.3) is 0 Å². The molecule has 3 N–H and O–H groups in total. The van der Waals surface area contributed by atoms with Crippen LogP contribution in [0.5, 0.6) is 0 Å². The van der Waals surface area contributed by atoms with Crippen molar-refractivity contribution in [3.05, 3.63) is 18.0 Å². The van der Waals surface area contributed by atoms with Gasteiger partial charge in [0.1, 0.15) is 0 Å². The minimum absolute atomic E-state index is 0.746. The lowest BCUT2D eigenvalue weighted by molar-refractivity contribution is 0.610. The second-order valence-electron chi connectivity index (χ2n) is 2.98. The highest BCUT2D eigenvalue weighted by atomic mass is 15.3. The van der Waals surface area contributed by atoms with Gasteiger partial charge in [0.2, 0.25) is 0 Å². The number of hydrogen-bond donors (Lipinski definition) is 2. The van der Waals surface area contributed by atoms with E-state index >= 15 is 0 Å². The molecule has 13 heavy (non-hydrogen) atoms. The molecular weight excluding hydrogens is 164 g/mol. The van der Waals surface area contributed by atoms with Crippen molar-refractivity contribution in [3.63, 3.8) is 0 Å². The largest absolute Gasteiger partial charge is 0.330 e. The van der Waals surface area contributed by atoms with E-state index in [0.717, 1.165) is 38.3 Å². The Hall–Kier alpha value is -0.870. The first-order chi connectivity index (χ1) is 6.36. The summed E-state index contributed by atoms with van der Waals surface area (Å²) in [5, 5.41) is 7.63. The van der Waals surface area contributed by atoms with Crippen LogP contribution in [0.3, 0.4) is 0 Å². The monoisotopic (exact) mass is 182 g/mol. The Kier molecular flexibility index (Phi) is 4.49. The molecule has 0 radical (unpaired) electrons. The number of nitrogens with zero attached hydrogens (tertiary/aromatic N) is 2. The molecule has 0 fully saturated rings. The van der Waals surface area contributed by atoms with Crippen LogP contribution in [-0.4, -0.2) is 22.9 Å². The van der Waals surface area contributed by atoms with Crippen LogP contribution in [0.2, 0.25) is 0 Å². The topological polar surface area (TPSA) is 55.9 Å². The van der Waals surface area contributed by atoms with Gasteiger partial charge in [-0.05, 0) is 32.5 Å². The van der Waals surface area contributed by atoms with Crippen molar-refractivity contribution in [1.82, 2.24) is 15.1 Å². The van der Waals surface area contributed by atoms with E-state index in [4.69, 9.17) is 5.73 Å². The molecule has 1 heterocycles. The molecule has 0 saturated carbocycles. The maximum Gasteiger partial charge on any atom is 0.0762 e. The highest BCUT2D eigenvalue weighted by Crippen LogP contribution is 1.94. The van der Waals surface area contributed by atoms with Crippen molar-refractivity contribution in [1.29, 1.82) is 0 Å².